The van der Waals surface area contributed by atoms with Crippen LogP contribution in [-0.2, 0) is 73.1 Å². The van der Waals surface area contributed by atoms with Crippen molar-refractivity contribution in [3.8, 4) is 62.9 Å². The highest BCUT2D eigenvalue weighted by Gasteiger charge is 2.52. The van der Waals surface area contributed by atoms with Gasteiger partial charge in [-0.05, 0) is 121 Å². The first-order chi connectivity index (χ1) is 60.6. The SMILES string of the molecule is CNC(C(=O)NC1C(=O)NC(Cc2ccccc2)C(=O)NC2C(=O)NC3C(=O)NC(C(=O)NC(C(=O)O)c4cc(OC5OC(CO)C(O)C(O)C5O)cc(O)c4-c4cc3ccc4O)C(OC3CC(N)C(OC)C(C)O3)c3ccc(c(Cl)c3)Oc3cc2cc(c3OC2OC(CO)C(O)C(O)C2OC2CC(N)C(O)C(C)O2)Oc2ccc(cc2)C1O)c1ccc(O)c(Cl)c1. The van der Waals surface area contributed by atoms with Crippen molar-refractivity contribution in [2.24, 2.45) is 11.5 Å². The Bertz CT molecular complexity index is 5200. The van der Waals surface area contributed by atoms with Crippen molar-refractivity contribution >= 4 is 64.6 Å². The summed E-state index contributed by atoms with van der Waals surface area (Å²) in [5.41, 5.74) is 10.8. The first-order valence-electron chi connectivity index (χ1n) is 40.3. The molecule has 11 bridgehead atoms. The van der Waals surface area contributed by atoms with Crippen LogP contribution in [0.1, 0.15) is 102 Å². The lowest BCUT2D eigenvalue weighted by molar-refractivity contribution is -0.330. The number of nitrogens with two attached hydrogens (primary N) is 2. The van der Waals surface area contributed by atoms with Gasteiger partial charge in [0.1, 0.15) is 126 Å². The Balaban J connectivity index is 0.998. The van der Waals surface area contributed by atoms with Gasteiger partial charge in [-0.25, -0.2) is 4.79 Å². The number of amides is 6. The van der Waals surface area contributed by atoms with Crippen LogP contribution in [0.4, 0.5) is 0 Å². The Kier molecular flexibility index (Phi) is 28.4. The number of aliphatic carboxylic acids is 1. The number of rotatable bonds is 18. The molecular weight excluding hydrogens is 1710 g/mol. The summed E-state index contributed by atoms with van der Waals surface area (Å²) in [4.78, 5) is 110. The number of nitrogens with one attached hydrogen (secondary N) is 7. The summed E-state index contributed by atoms with van der Waals surface area (Å²) < 4.78 is 69.6. The van der Waals surface area contributed by atoms with Crippen molar-refractivity contribution in [2.75, 3.05) is 27.4 Å². The number of aliphatic hydroxyl groups excluding tert-OH is 9. The maximum Gasteiger partial charge on any atom is 0.330 e. The van der Waals surface area contributed by atoms with E-state index in [1.165, 1.54) is 81.7 Å². The second-order valence-corrected chi connectivity index (χ2v) is 32.4. The minimum Gasteiger partial charge on any atom is -0.507 e. The van der Waals surface area contributed by atoms with Gasteiger partial charge in [-0.15, -0.1) is 0 Å². The van der Waals surface area contributed by atoms with Gasteiger partial charge in [0.25, 0.3) is 0 Å². The smallest absolute Gasteiger partial charge is 0.330 e. The predicted molar refractivity (Wildman–Crippen MR) is 438 cm³/mol. The van der Waals surface area contributed by atoms with Gasteiger partial charge in [0.15, 0.2) is 36.2 Å². The lowest BCUT2D eigenvalue weighted by Crippen LogP contribution is -2.62. The number of carbonyl (C=O) groups is 7. The molecule has 6 amide bonds. The van der Waals surface area contributed by atoms with Crippen LogP contribution in [0.15, 0.2) is 133 Å². The van der Waals surface area contributed by atoms with Gasteiger partial charge in [-0.2, -0.15) is 0 Å². The highest BCUT2D eigenvalue weighted by atomic mass is 35.5. The van der Waals surface area contributed by atoms with Crippen LogP contribution in [0.3, 0.4) is 0 Å². The zero-order valence-electron chi connectivity index (χ0n) is 67.9. The summed E-state index contributed by atoms with van der Waals surface area (Å²) in [6, 6.07) is 11.3. The third-order valence-electron chi connectivity index (χ3n) is 23.1. The number of benzene rings is 7. The molecule has 7 aromatic carbocycles. The van der Waals surface area contributed by atoms with Crippen LogP contribution in [-0.4, -0.2) is 264 Å². The number of carbonyl (C=O) groups excluding carboxylic acids is 6. The van der Waals surface area contributed by atoms with Gasteiger partial charge >= 0.3 is 5.97 Å². The molecule has 680 valence electrons. The number of hydrogen-bond donors (Lipinski definition) is 22. The number of phenolic OH excluding ortho intramolecular Hbond substituents is 3. The molecule has 4 fully saturated rings. The molecule has 127 heavy (non-hydrogen) atoms. The van der Waals surface area contributed by atoms with Gasteiger partial charge < -0.3 is 167 Å². The first-order valence-corrected chi connectivity index (χ1v) is 41.0. The number of hydrogen-bond acceptors (Lipinski definition) is 33. The number of aliphatic hydroxyl groups is 9. The molecule has 9 aliphatic rings. The number of carboxylic acid groups (broad SMARTS) is 1. The second kappa shape index (κ2) is 39.1. The molecule has 4 saturated heterocycles. The first kappa shape index (κ1) is 92.4. The topological polar surface area (TPSA) is 620 Å². The summed E-state index contributed by atoms with van der Waals surface area (Å²) in [5, 5.41) is 165. The summed E-state index contributed by atoms with van der Waals surface area (Å²) in [6.07, 6.45) is -30.7. The summed E-state index contributed by atoms with van der Waals surface area (Å²) >= 11 is 13.8. The quantitative estimate of drug-likeness (QED) is 0.0541. The normalized spacial score (nSPS) is 31.9. The van der Waals surface area contributed by atoms with Crippen molar-refractivity contribution in [2.45, 2.75) is 198 Å². The summed E-state index contributed by atoms with van der Waals surface area (Å²) in [5.74, 6) is -14.5. The van der Waals surface area contributed by atoms with E-state index in [2.05, 4.69) is 37.2 Å². The number of methoxy groups -OCH3 is 1. The number of carboxylic acids is 1. The number of ether oxygens (including phenoxy) is 11. The molecule has 24 N–H and O–H groups in total. The number of likely N-dealkylation sites (N-methyl/N-ethyl adjacent to an activating group) is 1. The Morgan fingerprint density at radius 3 is 1.85 bits per heavy atom. The van der Waals surface area contributed by atoms with E-state index in [0.717, 1.165) is 42.5 Å². The monoisotopic (exact) mass is 1810 g/mol. The van der Waals surface area contributed by atoms with Gasteiger partial charge in [-0.1, -0.05) is 83.9 Å². The molecular formula is C85H95Cl2N9O31. The van der Waals surface area contributed by atoms with Crippen LogP contribution >= 0.6 is 23.2 Å². The molecule has 0 spiro atoms. The molecule has 40 nitrogen and oxygen atoms in total. The third kappa shape index (κ3) is 19.7. The van der Waals surface area contributed by atoms with Crippen LogP contribution in [0.25, 0.3) is 11.1 Å². The summed E-state index contributed by atoms with van der Waals surface area (Å²) in [6.45, 7) is 1.19. The van der Waals surface area contributed by atoms with Crippen LogP contribution in [0.2, 0.25) is 10.0 Å². The third-order valence-corrected chi connectivity index (χ3v) is 23.7. The zero-order valence-corrected chi connectivity index (χ0v) is 69.4. The van der Waals surface area contributed by atoms with Crippen LogP contribution in [0.5, 0.6) is 51.7 Å². The highest BCUT2D eigenvalue weighted by Crippen LogP contribution is 2.50. The molecule has 0 radical (unpaired) electrons. The molecule has 0 aliphatic carbocycles. The largest absolute Gasteiger partial charge is 0.507 e. The van der Waals surface area contributed by atoms with E-state index in [-0.39, 0.29) is 57.4 Å². The molecule has 9 heterocycles. The van der Waals surface area contributed by atoms with Crippen LogP contribution in [0, 0.1) is 0 Å². The second-order valence-electron chi connectivity index (χ2n) is 31.6. The average Bonchev–Trinajstić information content (AvgIpc) is 0.770. The molecule has 0 saturated carbocycles. The van der Waals surface area contributed by atoms with E-state index < -0.39 is 288 Å². The van der Waals surface area contributed by atoms with Crippen molar-refractivity contribution in [1.29, 1.82) is 0 Å². The molecule has 9 aliphatic heterocycles. The fraction of sp³-hybridized carbons (Fsp3) is 0.424. The lowest BCUT2D eigenvalue weighted by Gasteiger charge is -2.44. The number of fused-ring (bicyclic) bond motifs is 15. The minimum absolute atomic E-state index is 0.0703. The molecule has 27 unspecified atom stereocenters. The highest BCUT2D eigenvalue weighted by molar-refractivity contribution is 6.32. The summed E-state index contributed by atoms with van der Waals surface area (Å²) in [7, 11) is 2.78. The molecule has 42 heteroatoms. The molecule has 0 aromatic heterocycles. The van der Waals surface area contributed by atoms with Crippen molar-refractivity contribution in [3.05, 3.63) is 182 Å². The van der Waals surface area contributed by atoms with Crippen molar-refractivity contribution in [3.63, 3.8) is 0 Å². The number of phenols is 3. The molecule has 16 rings (SSSR count). The van der Waals surface area contributed by atoms with E-state index in [1.54, 1.807) is 37.3 Å². The van der Waals surface area contributed by atoms with Crippen LogP contribution < -0.4 is 67.6 Å². The Morgan fingerprint density at radius 1 is 0.559 bits per heavy atom. The standard InChI is InChI=1S/C85H95Cl2N9O31/c1-32-66(102)46(88)28-57(118-32)126-76-71(107)69(105)56(31-98)124-85(76)127-75-53-24-39-25-54(75)122-52-19-14-38(23-45(52)87)74(125-58-29-47(89)73(117-4)33(2)119-58)65-82(114)94-63(83(115)116)43-26-41(121-84-72(108)70(106)68(104)55(30-97)123-84)27-51(101)59(43)42-21-36(12-17-49(42)99)61(79(111)96-65)93-80(112)62(39)92-77(109)48(20-34-8-6-5-7-9-34)91-81(113)64(67(103)35-10-15-40(120-53)16-11-35)95-78(110)60(90-3)37-13-18-50(100)44(86)22-37/h5-19,21-27,32-33,46-48,55-58,60-74,76,84-85,90,97-108H,20,28-31,88-89H2,1-4H3,(H,91,113)(H,92,109)(H,93,112)(H,94,114)(H,95,110)(H,96,111)(H,115,116). The van der Waals surface area contributed by atoms with Gasteiger partial charge in [-0.3, -0.25) is 28.8 Å². The van der Waals surface area contributed by atoms with E-state index in [1.807, 2.05) is 0 Å². The molecule has 7 aromatic rings. The average molecular weight is 1810 g/mol. The number of halogens is 2. The lowest BCUT2D eigenvalue weighted by atomic mass is 9.89. The van der Waals surface area contributed by atoms with E-state index in [4.69, 9.17) is 86.8 Å². The van der Waals surface area contributed by atoms with Gasteiger partial charge in [0.2, 0.25) is 53.8 Å². The predicted octanol–water partition coefficient (Wildman–Crippen LogP) is 0.0902. The Morgan fingerprint density at radius 2 is 1.19 bits per heavy atom. The van der Waals surface area contributed by atoms with Crippen molar-refractivity contribution < 1.29 is 152 Å². The van der Waals surface area contributed by atoms with E-state index in [0.29, 0.717) is 5.56 Å². The van der Waals surface area contributed by atoms with Crippen molar-refractivity contribution in [1.82, 2.24) is 37.2 Å². The maximum absolute atomic E-state index is 16.8. The number of aromatic hydroxyl groups is 3. The Labute approximate surface area is 732 Å². The van der Waals surface area contributed by atoms with Gasteiger partial charge in [0, 0.05) is 61.2 Å². The zero-order chi connectivity index (χ0) is 91.0. The molecule has 27 atom stereocenters. The fourth-order valence-corrected chi connectivity index (χ4v) is 16.7. The maximum atomic E-state index is 16.8. The Hall–Kier alpha value is -10.8. The van der Waals surface area contributed by atoms with E-state index >= 15 is 24.0 Å². The minimum atomic E-state index is -2.43. The van der Waals surface area contributed by atoms with Gasteiger partial charge in [0.05, 0.1) is 47.7 Å². The van der Waals surface area contributed by atoms with E-state index in [9.17, 15) is 76.0 Å². The fourth-order valence-electron chi connectivity index (χ4n) is 16.3.